The number of amides is 1. The molecule has 1 aromatic carbocycles. The number of fused-ring (bicyclic) bond motifs is 1. The number of carbonyl (C=O) groups excluding carboxylic acids is 1. The third kappa shape index (κ3) is 3.13. The lowest BCUT2D eigenvalue weighted by Gasteiger charge is -2.27. The Morgan fingerprint density at radius 2 is 1.91 bits per heavy atom. The molecule has 1 amide bonds. The van der Waals surface area contributed by atoms with E-state index in [9.17, 15) is 4.79 Å². The van der Waals surface area contributed by atoms with Crippen molar-refractivity contribution in [3.8, 4) is 0 Å². The van der Waals surface area contributed by atoms with Crippen LogP contribution in [-0.4, -0.2) is 43.5 Å². The van der Waals surface area contributed by atoms with E-state index >= 15 is 0 Å². The van der Waals surface area contributed by atoms with E-state index in [1.165, 1.54) is 0 Å². The van der Waals surface area contributed by atoms with Crippen molar-refractivity contribution >= 4 is 5.91 Å². The van der Waals surface area contributed by atoms with Gasteiger partial charge in [0.25, 0.3) is 0 Å². The van der Waals surface area contributed by atoms with Gasteiger partial charge in [-0.15, -0.1) is 0 Å². The van der Waals surface area contributed by atoms with Crippen molar-refractivity contribution in [2.45, 2.75) is 50.2 Å². The Bertz CT molecular complexity index is 545. The van der Waals surface area contributed by atoms with E-state index in [-0.39, 0.29) is 36.2 Å². The van der Waals surface area contributed by atoms with E-state index in [0.29, 0.717) is 19.8 Å². The molecule has 23 heavy (non-hydrogen) atoms. The largest absolute Gasteiger partial charge is 0.370 e. The normalized spacial score (nSPS) is 33.2. The molecule has 5 heteroatoms. The molecule has 2 heterocycles. The van der Waals surface area contributed by atoms with Crippen molar-refractivity contribution in [1.29, 1.82) is 0 Å². The fourth-order valence-electron chi connectivity index (χ4n) is 3.48. The summed E-state index contributed by atoms with van der Waals surface area (Å²) in [5.41, 5.74) is 1.14. The molecule has 2 saturated heterocycles. The van der Waals surface area contributed by atoms with Crippen molar-refractivity contribution in [1.82, 2.24) is 5.32 Å². The van der Waals surface area contributed by atoms with E-state index in [2.05, 4.69) is 5.32 Å². The van der Waals surface area contributed by atoms with Crippen LogP contribution in [0.25, 0.3) is 0 Å². The molecular weight excluding hydrogens is 294 g/mol. The van der Waals surface area contributed by atoms with Crippen LogP contribution < -0.4 is 5.32 Å². The minimum Gasteiger partial charge on any atom is -0.370 e. The Labute approximate surface area is 136 Å². The molecule has 3 fully saturated rings. The van der Waals surface area contributed by atoms with Gasteiger partial charge in [0.05, 0.1) is 25.9 Å². The van der Waals surface area contributed by atoms with Crippen molar-refractivity contribution in [2.75, 3.05) is 13.2 Å². The predicted octanol–water partition coefficient (Wildman–Crippen LogP) is 1.65. The van der Waals surface area contributed by atoms with Crippen molar-refractivity contribution in [2.24, 2.45) is 5.92 Å². The van der Waals surface area contributed by atoms with Crippen LogP contribution in [0.2, 0.25) is 0 Å². The van der Waals surface area contributed by atoms with Gasteiger partial charge < -0.3 is 19.5 Å². The molecule has 0 radical (unpaired) electrons. The highest BCUT2D eigenvalue weighted by Crippen LogP contribution is 2.31. The summed E-state index contributed by atoms with van der Waals surface area (Å²) in [5.74, 6) is 0.350. The molecule has 2 aliphatic heterocycles. The standard InChI is InChI=1S/C18H23NO4/c20-18(13-7-4-8-13)19-14-10-22-17-15(11-23-16(14)17)21-9-12-5-2-1-3-6-12/h1-3,5-6,13-17H,4,7-11H2,(H,19,20). The fourth-order valence-corrected chi connectivity index (χ4v) is 3.48. The first kappa shape index (κ1) is 15.1. The number of hydrogen-bond donors (Lipinski definition) is 1. The van der Waals surface area contributed by atoms with Crippen LogP contribution in [0.4, 0.5) is 0 Å². The molecule has 1 saturated carbocycles. The van der Waals surface area contributed by atoms with Gasteiger partial charge in [-0.25, -0.2) is 0 Å². The molecule has 1 N–H and O–H groups in total. The van der Waals surface area contributed by atoms with Crippen molar-refractivity contribution < 1.29 is 19.0 Å². The summed E-state index contributed by atoms with van der Waals surface area (Å²) in [4.78, 5) is 12.1. The van der Waals surface area contributed by atoms with Crippen LogP contribution >= 0.6 is 0 Å². The topological polar surface area (TPSA) is 56.8 Å². The molecular formula is C18H23NO4. The number of hydrogen-bond acceptors (Lipinski definition) is 4. The summed E-state index contributed by atoms with van der Waals surface area (Å²) in [6.45, 7) is 1.59. The molecule has 0 aromatic heterocycles. The van der Waals surface area contributed by atoms with E-state index in [4.69, 9.17) is 14.2 Å². The number of benzene rings is 1. The van der Waals surface area contributed by atoms with Crippen LogP contribution in [0.15, 0.2) is 30.3 Å². The van der Waals surface area contributed by atoms with Gasteiger partial charge in [-0.3, -0.25) is 4.79 Å². The van der Waals surface area contributed by atoms with Gasteiger partial charge in [-0.2, -0.15) is 0 Å². The Morgan fingerprint density at radius 3 is 2.65 bits per heavy atom. The van der Waals surface area contributed by atoms with Gasteiger partial charge in [0.1, 0.15) is 18.3 Å². The Morgan fingerprint density at radius 1 is 1.13 bits per heavy atom. The van der Waals surface area contributed by atoms with Gasteiger partial charge in [-0.1, -0.05) is 36.8 Å². The first-order valence-corrected chi connectivity index (χ1v) is 8.50. The summed E-state index contributed by atoms with van der Waals surface area (Å²) < 4.78 is 17.7. The number of ether oxygens (including phenoxy) is 3. The second-order valence-corrected chi connectivity index (χ2v) is 6.67. The molecule has 124 valence electrons. The highest BCUT2D eigenvalue weighted by molar-refractivity contribution is 5.79. The lowest BCUT2D eigenvalue weighted by molar-refractivity contribution is -0.128. The minimum atomic E-state index is -0.0835. The van der Waals surface area contributed by atoms with Crippen molar-refractivity contribution in [3.63, 3.8) is 0 Å². The molecule has 0 bridgehead atoms. The zero-order valence-electron chi connectivity index (χ0n) is 13.1. The third-order valence-electron chi connectivity index (χ3n) is 5.12. The van der Waals surface area contributed by atoms with Crippen LogP contribution in [0.3, 0.4) is 0 Å². The number of nitrogens with one attached hydrogen (secondary N) is 1. The summed E-state index contributed by atoms with van der Waals surface area (Å²) in [7, 11) is 0. The molecule has 1 aliphatic carbocycles. The van der Waals surface area contributed by atoms with Gasteiger partial charge in [0.2, 0.25) is 5.91 Å². The van der Waals surface area contributed by atoms with Crippen LogP contribution in [0.1, 0.15) is 24.8 Å². The second-order valence-electron chi connectivity index (χ2n) is 6.67. The average Bonchev–Trinajstić information content (AvgIpc) is 3.08. The molecule has 1 aromatic rings. The maximum atomic E-state index is 12.1. The molecule has 0 spiro atoms. The van der Waals surface area contributed by atoms with Crippen LogP contribution in [0, 0.1) is 5.92 Å². The summed E-state index contributed by atoms with van der Waals surface area (Å²) >= 11 is 0. The van der Waals surface area contributed by atoms with Gasteiger partial charge in [-0.05, 0) is 18.4 Å². The highest BCUT2D eigenvalue weighted by atomic mass is 16.6. The van der Waals surface area contributed by atoms with Gasteiger partial charge >= 0.3 is 0 Å². The average molecular weight is 317 g/mol. The lowest BCUT2D eigenvalue weighted by Crippen LogP contribution is -2.47. The van der Waals surface area contributed by atoms with Crippen LogP contribution in [-0.2, 0) is 25.6 Å². The predicted molar refractivity (Wildman–Crippen MR) is 83.8 cm³/mol. The zero-order chi connectivity index (χ0) is 15.6. The minimum absolute atomic E-state index is 0.0431. The SMILES string of the molecule is O=C(NC1COC2C(OCc3ccccc3)COC12)C1CCC1. The van der Waals surface area contributed by atoms with E-state index < -0.39 is 0 Å². The Hall–Kier alpha value is -1.43. The Kier molecular flexibility index (Phi) is 4.33. The quantitative estimate of drug-likeness (QED) is 0.897. The van der Waals surface area contributed by atoms with Crippen LogP contribution in [0.5, 0.6) is 0 Å². The first-order valence-electron chi connectivity index (χ1n) is 8.50. The molecule has 4 rings (SSSR count). The second kappa shape index (κ2) is 6.59. The van der Waals surface area contributed by atoms with Crippen molar-refractivity contribution in [3.05, 3.63) is 35.9 Å². The first-order chi connectivity index (χ1) is 11.3. The number of rotatable bonds is 5. The van der Waals surface area contributed by atoms with E-state index in [1.54, 1.807) is 0 Å². The smallest absolute Gasteiger partial charge is 0.223 e. The summed E-state index contributed by atoms with van der Waals surface area (Å²) in [6.07, 6.45) is 2.96. The van der Waals surface area contributed by atoms with E-state index in [1.807, 2.05) is 30.3 Å². The maximum Gasteiger partial charge on any atom is 0.223 e. The monoisotopic (exact) mass is 317 g/mol. The number of carbonyl (C=O) groups is 1. The third-order valence-corrected chi connectivity index (χ3v) is 5.12. The summed E-state index contributed by atoms with van der Waals surface area (Å²) in [6, 6.07) is 10.1. The maximum absolute atomic E-state index is 12.1. The van der Waals surface area contributed by atoms with Gasteiger partial charge in [0.15, 0.2) is 0 Å². The zero-order valence-corrected chi connectivity index (χ0v) is 13.1. The summed E-state index contributed by atoms with van der Waals surface area (Å²) in [5, 5.41) is 3.10. The van der Waals surface area contributed by atoms with Gasteiger partial charge in [0, 0.05) is 5.92 Å². The lowest BCUT2D eigenvalue weighted by atomic mass is 9.84. The van der Waals surface area contributed by atoms with E-state index in [0.717, 1.165) is 24.8 Å². The molecule has 3 aliphatic rings. The molecule has 4 atom stereocenters. The molecule has 4 unspecified atom stereocenters. The Balaban J connectivity index is 1.30. The fraction of sp³-hybridized carbons (Fsp3) is 0.611. The highest BCUT2D eigenvalue weighted by Gasteiger charge is 2.49. The molecule has 5 nitrogen and oxygen atoms in total.